The van der Waals surface area contributed by atoms with Crippen LogP contribution in [0.15, 0.2) is 72.8 Å². The number of carbonyl (C=O) groups excluding carboxylic acids is 2. The number of H-pyrrole nitrogens is 1. The van der Waals surface area contributed by atoms with Crippen molar-refractivity contribution in [1.82, 2.24) is 9.88 Å². The van der Waals surface area contributed by atoms with E-state index in [0.717, 1.165) is 33.3 Å². The Morgan fingerprint density at radius 3 is 2.62 bits per heavy atom. The zero-order chi connectivity index (χ0) is 23.4. The number of aromatic nitrogens is 1. The molecule has 0 radical (unpaired) electrons. The first-order valence-electron chi connectivity index (χ1n) is 11.6. The van der Waals surface area contributed by atoms with Crippen molar-refractivity contribution >= 4 is 28.5 Å². The maximum Gasteiger partial charge on any atom is 0.333 e. The van der Waals surface area contributed by atoms with Crippen LogP contribution in [0.4, 0.5) is 10.5 Å². The molecule has 3 amide bonds. The molecule has 0 saturated carbocycles. The molecule has 2 aliphatic heterocycles. The number of amides is 3. The number of benzene rings is 3. The Morgan fingerprint density at radius 2 is 1.79 bits per heavy atom. The summed E-state index contributed by atoms with van der Waals surface area (Å²) >= 11 is 0. The quantitative estimate of drug-likeness (QED) is 0.425. The van der Waals surface area contributed by atoms with Gasteiger partial charge in [0, 0.05) is 23.0 Å². The van der Waals surface area contributed by atoms with Gasteiger partial charge in [0.25, 0.3) is 5.91 Å². The van der Waals surface area contributed by atoms with Gasteiger partial charge in [0.05, 0.1) is 12.3 Å². The van der Waals surface area contributed by atoms with Crippen LogP contribution < -0.4 is 9.64 Å². The third kappa shape index (κ3) is 2.95. The van der Waals surface area contributed by atoms with Crippen molar-refractivity contribution in [2.45, 2.75) is 32.4 Å². The van der Waals surface area contributed by atoms with Gasteiger partial charge in [-0.05, 0) is 43.2 Å². The van der Waals surface area contributed by atoms with Gasteiger partial charge in [-0.2, -0.15) is 0 Å². The molecule has 6 nitrogen and oxygen atoms in total. The van der Waals surface area contributed by atoms with Crippen molar-refractivity contribution < 1.29 is 14.3 Å². The minimum atomic E-state index is -0.584. The maximum atomic E-state index is 14.0. The molecule has 2 aliphatic rings. The highest BCUT2D eigenvalue weighted by atomic mass is 16.5. The molecule has 6 heteroatoms. The summed E-state index contributed by atoms with van der Waals surface area (Å²) in [4.78, 5) is 34.4. The van der Waals surface area contributed by atoms with Gasteiger partial charge >= 0.3 is 6.03 Å². The fourth-order valence-electron chi connectivity index (χ4n) is 5.40. The lowest BCUT2D eigenvalue weighted by Gasteiger charge is -2.36. The molecule has 170 valence electrons. The molecule has 1 aromatic heterocycles. The Hall–Kier alpha value is -4.06. The predicted octanol–water partition coefficient (Wildman–Crippen LogP) is 5.36. The summed E-state index contributed by atoms with van der Waals surface area (Å²) in [6.45, 7) is 4.37. The van der Waals surface area contributed by atoms with E-state index in [1.807, 2.05) is 62.4 Å². The van der Waals surface area contributed by atoms with E-state index in [9.17, 15) is 9.59 Å². The first-order chi connectivity index (χ1) is 16.6. The number of fused-ring (bicyclic) bond motifs is 4. The summed E-state index contributed by atoms with van der Waals surface area (Å²) in [5.74, 6) is 0.313. The third-order valence-corrected chi connectivity index (χ3v) is 6.81. The van der Waals surface area contributed by atoms with Crippen molar-refractivity contribution in [2.24, 2.45) is 0 Å². The number of hydrogen-bond acceptors (Lipinski definition) is 3. The average molecular weight is 452 g/mol. The summed E-state index contributed by atoms with van der Waals surface area (Å²) in [5, 5.41) is 1.10. The monoisotopic (exact) mass is 451 g/mol. The van der Waals surface area contributed by atoms with Gasteiger partial charge in [0.2, 0.25) is 0 Å². The molecule has 0 spiro atoms. The predicted molar refractivity (Wildman–Crippen MR) is 131 cm³/mol. The van der Waals surface area contributed by atoms with Crippen LogP contribution in [-0.2, 0) is 11.2 Å². The summed E-state index contributed by atoms with van der Waals surface area (Å²) in [6.07, 6.45) is 0.472. The Morgan fingerprint density at radius 1 is 1.00 bits per heavy atom. The van der Waals surface area contributed by atoms with E-state index in [1.165, 1.54) is 4.90 Å². The van der Waals surface area contributed by atoms with Crippen LogP contribution in [0.5, 0.6) is 5.75 Å². The number of hydrogen-bond donors (Lipinski definition) is 1. The van der Waals surface area contributed by atoms with Crippen LogP contribution in [0, 0.1) is 6.92 Å². The highest BCUT2D eigenvalue weighted by Crippen LogP contribution is 2.46. The molecule has 0 unspecified atom stereocenters. The van der Waals surface area contributed by atoms with Gasteiger partial charge < -0.3 is 9.72 Å². The van der Waals surface area contributed by atoms with Crippen molar-refractivity contribution in [3.63, 3.8) is 0 Å². The third-order valence-electron chi connectivity index (χ3n) is 6.81. The van der Waals surface area contributed by atoms with E-state index < -0.39 is 6.04 Å². The summed E-state index contributed by atoms with van der Waals surface area (Å²) in [7, 11) is 0. The highest BCUT2D eigenvalue weighted by molar-refractivity contribution is 6.22. The van der Waals surface area contributed by atoms with E-state index in [0.29, 0.717) is 24.5 Å². The van der Waals surface area contributed by atoms with Crippen molar-refractivity contribution in [2.75, 3.05) is 11.5 Å². The molecule has 3 aromatic carbocycles. The molecule has 3 heterocycles. The van der Waals surface area contributed by atoms with Gasteiger partial charge in [-0.15, -0.1) is 0 Å². The van der Waals surface area contributed by atoms with Gasteiger partial charge in [-0.3, -0.25) is 9.69 Å². The maximum absolute atomic E-state index is 14.0. The number of carbonyl (C=O) groups is 2. The Labute approximate surface area is 197 Å². The number of nitrogens with one attached hydrogen (secondary N) is 1. The minimum Gasteiger partial charge on any atom is -0.492 e. The molecule has 34 heavy (non-hydrogen) atoms. The molecular formula is C28H25N3O3. The largest absolute Gasteiger partial charge is 0.492 e. The lowest BCUT2D eigenvalue weighted by molar-refractivity contribution is -0.120. The first kappa shape index (κ1) is 20.5. The average Bonchev–Trinajstić information content (AvgIpc) is 3.33. The molecule has 1 N–H and O–H groups in total. The molecule has 2 atom stereocenters. The SMILES string of the molecule is CCOc1ccccc1N1C(=O)[C@@H]2Cc3c([nH]c4ccccc34)[C@@H](c3cccc(C)c3)N2C1=O. The lowest BCUT2D eigenvalue weighted by Crippen LogP contribution is -2.44. The summed E-state index contributed by atoms with van der Waals surface area (Å²) in [5.41, 5.74) is 5.68. The second-order valence-corrected chi connectivity index (χ2v) is 8.86. The minimum absolute atomic E-state index is 0.217. The number of rotatable bonds is 4. The number of imide groups is 1. The zero-order valence-corrected chi connectivity index (χ0v) is 19.1. The van der Waals surface area contributed by atoms with Crippen LogP contribution in [0.25, 0.3) is 10.9 Å². The van der Waals surface area contributed by atoms with Crippen molar-refractivity contribution in [1.29, 1.82) is 0 Å². The molecule has 1 saturated heterocycles. The highest BCUT2D eigenvalue weighted by Gasteiger charge is 2.53. The number of urea groups is 1. The van der Waals surface area contributed by atoms with Gasteiger partial charge in [0.15, 0.2) is 0 Å². The number of anilines is 1. The van der Waals surface area contributed by atoms with E-state index in [-0.39, 0.29) is 18.0 Å². The Kier molecular flexibility index (Phi) is 4.69. The van der Waals surface area contributed by atoms with Crippen LogP contribution in [0.3, 0.4) is 0 Å². The van der Waals surface area contributed by atoms with E-state index >= 15 is 0 Å². The molecular weight excluding hydrogens is 426 g/mol. The van der Waals surface area contributed by atoms with Crippen LogP contribution >= 0.6 is 0 Å². The van der Waals surface area contributed by atoms with Crippen LogP contribution in [0.2, 0.25) is 0 Å². The van der Waals surface area contributed by atoms with Gasteiger partial charge in [-0.1, -0.05) is 60.2 Å². The Balaban J connectivity index is 1.54. The smallest absolute Gasteiger partial charge is 0.333 e. The topological polar surface area (TPSA) is 65.6 Å². The standard InChI is InChI=1S/C28H25N3O3/c1-3-34-24-14-7-6-13-22(24)31-27(32)23-16-20-19-11-4-5-12-21(19)29-25(20)26(30(23)28(31)33)18-10-8-9-17(2)15-18/h4-15,23,26,29H,3,16H2,1-2H3/t23-,26+/m0/s1. The fraction of sp³-hybridized carbons (Fsp3) is 0.214. The molecule has 6 rings (SSSR count). The molecule has 1 fully saturated rings. The molecule has 4 aromatic rings. The second kappa shape index (κ2) is 7.76. The van der Waals surface area contributed by atoms with E-state index in [4.69, 9.17) is 4.74 Å². The molecule has 0 bridgehead atoms. The fourth-order valence-corrected chi connectivity index (χ4v) is 5.40. The number of aryl methyl sites for hydroxylation is 1. The number of para-hydroxylation sites is 3. The van der Waals surface area contributed by atoms with E-state index in [1.54, 1.807) is 17.0 Å². The zero-order valence-electron chi connectivity index (χ0n) is 19.1. The molecule has 0 aliphatic carbocycles. The van der Waals surface area contributed by atoms with Crippen molar-refractivity contribution in [3.8, 4) is 5.75 Å². The van der Waals surface area contributed by atoms with Crippen molar-refractivity contribution in [3.05, 3.63) is 95.2 Å². The number of aromatic amines is 1. The lowest BCUT2D eigenvalue weighted by atomic mass is 9.88. The van der Waals surface area contributed by atoms with Gasteiger partial charge in [0.1, 0.15) is 17.8 Å². The summed E-state index contributed by atoms with van der Waals surface area (Å²) < 4.78 is 5.76. The van der Waals surface area contributed by atoms with Gasteiger partial charge in [-0.25, -0.2) is 9.69 Å². The first-order valence-corrected chi connectivity index (χ1v) is 11.6. The number of nitrogens with zero attached hydrogens (tertiary/aromatic N) is 2. The van der Waals surface area contributed by atoms with Crippen LogP contribution in [-0.4, -0.2) is 34.5 Å². The summed E-state index contributed by atoms with van der Waals surface area (Å²) in [6, 6.07) is 22.2. The van der Waals surface area contributed by atoms with E-state index in [2.05, 4.69) is 17.1 Å². The number of ether oxygens (including phenoxy) is 1. The second-order valence-electron chi connectivity index (χ2n) is 8.86. The van der Waals surface area contributed by atoms with Crippen LogP contribution in [0.1, 0.15) is 35.3 Å². The Bertz CT molecular complexity index is 1440. The normalized spacial score (nSPS) is 19.5.